The van der Waals surface area contributed by atoms with Crippen molar-refractivity contribution < 1.29 is 9.53 Å². The van der Waals surface area contributed by atoms with Gasteiger partial charge in [-0.15, -0.1) is 0 Å². The number of ether oxygens (including phenoxy) is 1. The molecular formula is C19H23N3O2. The highest BCUT2D eigenvalue weighted by atomic mass is 16.5. The summed E-state index contributed by atoms with van der Waals surface area (Å²) in [5, 5.41) is 0. The van der Waals surface area contributed by atoms with E-state index in [0.29, 0.717) is 6.54 Å². The maximum Gasteiger partial charge on any atom is 0.260 e. The largest absolute Gasteiger partial charge is 0.484 e. The fraction of sp³-hybridized carbons (Fsp3) is 0.421. The first-order chi connectivity index (χ1) is 11.6. The third kappa shape index (κ3) is 3.91. The van der Waals surface area contributed by atoms with Crippen molar-refractivity contribution >= 4 is 5.91 Å². The normalized spacial score (nSPS) is 17.6. The van der Waals surface area contributed by atoms with E-state index < -0.39 is 0 Å². The second-order valence-electron chi connectivity index (χ2n) is 6.35. The molecular weight excluding hydrogens is 302 g/mol. The number of aryl methyl sites for hydroxylation is 2. The van der Waals surface area contributed by atoms with Crippen LogP contribution in [0.1, 0.15) is 35.6 Å². The molecule has 1 aromatic heterocycles. The summed E-state index contributed by atoms with van der Waals surface area (Å²) in [5.74, 6) is 1.06. The molecule has 1 aromatic carbocycles. The minimum Gasteiger partial charge on any atom is -0.484 e. The van der Waals surface area contributed by atoms with Crippen LogP contribution in [0.3, 0.4) is 0 Å². The number of piperidine rings is 1. The Bertz CT molecular complexity index is 703. The second-order valence-corrected chi connectivity index (χ2v) is 6.35. The van der Waals surface area contributed by atoms with E-state index in [4.69, 9.17) is 4.74 Å². The van der Waals surface area contributed by atoms with Gasteiger partial charge in [-0.1, -0.05) is 6.07 Å². The first-order valence-corrected chi connectivity index (χ1v) is 8.37. The fourth-order valence-electron chi connectivity index (χ4n) is 3.03. The Morgan fingerprint density at radius 3 is 2.92 bits per heavy atom. The predicted octanol–water partition coefficient (Wildman–Crippen LogP) is 2.88. The molecule has 2 aromatic rings. The summed E-state index contributed by atoms with van der Waals surface area (Å²) in [6.45, 7) is 5.67. The molecule has 1 aliphatic heterocycles. The molecule has 126 valence electrons. The zero-order chi connectivity index (χ0) is 16.9. The molecule has 1 unspecified atom stereocenters. The van der Waals surface area contributed by atoms with Crippen molar-refractivity contribution in [1.82, 2.24) is 14.9 Å². The van der Waals surface area contributed by atoms with Gasteiger partial charge >= 0.3 is 0 Å². The fourth-order valence-corrected chi connectivity index (χ4v) is 3.03. The van der Waals surface area contributed by atoms with Crippen LogP contribution in [-0.2, 0) is 4.79 Å². The number of benzene rings is 1. The highest BCUT2D eigenvalue weighted by Gasteiger charge is 2.25. The highest BCUT2D eigenvalue weighted by molar-refractivity contribution is 5.78. The second kappa shape index (κ2) is 7.43. The van der Waals surface area contributed by atoms with E-state index in [9.17, 15) is 4.79 Å². The Morgan fingerprint density at radius 1 is 1.29 bits per heavy atom. The molecule has 3 rings (SSSR count). The molecule has 0 saturated carbocycles. The average Bonchev–Trinajstić information content (AvgIpc) is 2.63. The molecule has 1 atom stereocenters. The summed E-state index contributed by atoms with van der Waals surface area (Å²) in [5.41, 5.74) is 3.40. The number of hydrogen-bond donors (Lipinski definition) is 0. The molecule has 1 amide bonds. The third-order valence-electron chi connectivity index (χ3n) is 4.64. The summed E-state index contributed by atoms with van der Waals surface area (Å²) in [6.07, 6.45) is 5.37. The van der Waals surface area contributed by atoms with Gasteiger partial charge < -0.3 is 9.64 Å². The molecule has 1 fully saturated rings. The summed E-state index contributed by atoms with van der Waals surface area (Å²) in [6, 6.07) is 7.84. The summed E-state index contributed by atoms with van der Waals surface area (Å²) < 4.78 is 5.68. The van der Waals surface area contributed by atoms with Gasteiger partial charge in [0, 0.05) is 30.9 Å². The van der Waals surface area contributed by atoms with E-state index in [1.807, 2.05) is 36.1 Å². The van der Waals surface area contributed by atoms with Crippen molar-refractivity contribution in [3.05, 3.63) is 53.6 Å². The van der Waals surface area contributed by atoms with Gasteiger partial charge in [0.25, 0.3) is 5.91 Å². The maximum absolute atomic E-state index is 12.5. The minimum absolute atomic E-state index is 0.0342. The van der Waals surface area contributed by atoms with Crippen LogP contribution < -0.4 is 4.74 Å². The van der Waals surface area contributed by atoms with Crippen molar-refractivity contribution in [3.8, 4) is 5.75 Å². The van der Waals surface area contributed by atoms with Crippen molar-refractivity contribution in [2.45, 2.75) is 32.6 Å². The van der Waals surface area contributed by atoms with Crippen LogP contribution in [0.25, 0.3) is 0 Å². The van der Waals surface area contributed by atoms with Crippen molar-refractivity contribution in [2.75, 3.05) is 19.7 Å². The lowest BCUT2D eigenvalue weighted by Crippen LogP contribution is -2.41. The lowest BCUT2D eigenvalue weighted by molar-refractivity contribution is -0.134. The van der Waals surface area contributed by atoms with Crippen LogP contribution in [0.5, 0.6) is 5.75 Å². The van der Waals surface area contributed by atoms with E-state index in [1.54, 1.807) is 12.5 Å². The number of carbonyl (C=O) groups is 1. The zero-order valence-electron chi connectivity index (χ0n) is 14.2. The van der Waals surface area contributed by atoms with Gasteiger partial charge in [0.05, 0.1) is 0 Å². The highest BCUT2D eigenvalue weighted by Crippen LogP contribution is 2.25. The van der Waals surface area contributed by atoms with E-state index in [1.165, 1.54) is 11.1 Å². The van der Waals surface area contributed by atoms with Crippen molar-refractivity contribution in [1.29, 1.82) is 0 Å². The third-order valence-corrected chi connectivity index (χ3v) is 4.64. The van der Waals surface area contributed by atoms with E-state index >= 15 is 0 Å². The topological polar surface area (TPSA) is 55.3 Å². The van der Waals surface area contributed by atoms with Crippen LogP contribution in [0.15, 0.2) is 36.8 Å². The van der Waals surface area contributed by atoms with Gasteiger partial charge in [0.1, 0.15) is 12.1 Å². The van der Waals surface area contributed by atoms with Crippen molar-refractivity contribution in [2.24, 2.45) is 0 Å². The van der Waals surface area contributed by atoms with Crippen molar-refractivity contribution in [3.63, 3.8) is 0 Å². The number of aromatic nitrogens is 2. The molecule has 0 N–H and O–H groups in total. The standard InChI is InChI=1S/C19H23N3O2/c1-14-5-6-17(10-15(14)2)24-12-19(23)22-9-3-4-16(11-22)18-7-8-20-13-21-18/h5-8,10,13,16H,3-4,9,11-12H2,1-2H3. The lowest BCUT2D eigenvalue weighted by Gasteiger charge is -2.32. The van der Waals surface area contributed by atoms with E-state index in [2.05, 4.69) is 16.9 Å². The molecule has 0 radical (unpaired) electrons. The maximum atomic E-state index is 12.5. The molecule has 24 heavy (non-hydrogen) atoms. The zero-order valence-corrected chi connectivity index (χ0v) is 14.2. The van der Waals surface area contributed by atoms with Crippen LogP contribution >= 0.6 is 0 Å². The molecule has 5 heteroatoms. The molecule has 0 spiro atoms. The van der Waals surface area contributed by atoms with Crippen LogP contribution in [0.4, 0.5) is 0 Å². The molecule has 1 aliphatic rings. The van der Waals surface area contributed by atoms with Crippen LogP contribution in [0.2, 0.25) is 0 Å². The Balaban J connectivity index is 1.57. The summed E-state index contributed by atoms with van der Waals surface area (Å²) >= 11 is 0. The predicted molar refractivity (Wildman–Crippen MR) is 92.0 cm³/mol. The smallest absolute Gasteiger partial charge is 0.260 e. The van der Waals surface area contributed by atoms with Gasteiger partial charge in [-0.3, -0.25) is 4.79 Å². The number of carbonyl (C=O) groups excluding carboxylic acids is 1. The molecule has 1 saturated heterocycles. The average molecular weight is 325 g/mol. The summed E-state index contributed by atoms with van der Waals surface area (Å²) in [7, 11) is 0. The molecule has 5 nitrogen and oxygen atoms in total. The van der Waals surface area contributed by atoms with Gasteiger partial charge in [0.2, 0.25) is 0 Å². The quantitative estimate of drug-likeness (QED) is 0.867. The SMILES string of the molecule is Cc1ccc(OCC(=O)N2CCCC(c3ccncn3)C2)cc1C. The number of nitrogens with zero attached hydrogens (tertiary/aromatic N) is 3. The van der Waals surface area contributed by atoms with Gasteiger partial charge in [-0.2, -0.15) is 0 Å². The number of hydrogen-bond acceptors (Lipinski definition) is 4. The first kappa shape index (κ1) is 16.4. The summed E-state index contributed by atoms with van der Waals surface area (Å²) in [4.78, 5) is 22.6. The lowest BCUT2D eigenvalue weighted by atomic mass is 9.94. The van der Waals surface area contributed by atoms with Crippen LogP contribution in [0, 0.1) is 13.8 Å². The molecule has 2 heterocycles. The number of amides is 1. The monoisotopic (exact) mass is 325 g/mol. The number of rotatable bonds is 4. The van der Waals surface area contributed by atoms with E-state index in [0.717, 1.165) is 30.8 Å². The first-order valence-electron chi connectivity index (χ1n) is 8.37. The van der Waals surface area contributed by atoms with Crippen LogP contribution in [-0.4, -0.2) is 40.5 Å². The Morgan fingerprint density at radius 2 is 2.17 bits per heavy atom. The minimum atomic E-state index is 0.0342. The van der Waals surface area contributed by atoms with Gasteiger partial charge in [-0.25, -0.2) is 9.97 Å². The van der Waals surface area contributed by atoms with E-state index in [-0.39, 0.29) is 18.4 Å². The van der Waals surface area contributed by atoms with Gasteiger partial charge in [-0.05, 0) is 56.0 Å². The van der Waals surface area contributed by atoms with Gasteiger partial charge in [0.15, 0.2) is 6.61 Å². The Hall–Kier alpha value is -2.43. The Kier molecular flexibility index (Phi) is 5.08. The molecule has 0 bridgehead atoms. The number of likely N-dealkylation sites (tertiary alicyclic amines) is 1. The molecule has 0 aliphatic carbocycles. The Labute approximate surface area is 142 Å².